The summed E-state index contributed by atoms with van der Waals surface area (Å²) in [7, 11) is 1.30. The van der Waals surface area contributed by atoms with E-state index in [1.807, 2.05) is 24.3 Å². The van der Waals surface area contributed by atoms with E-state index in [4.69, 9.17) is 4.74 Å². The maximum atomic E-state index is 11.3. The van der Waals surface area contributed by atoms with Crippen LogP contribution in [0.3, 0.4) is 0 Å². The van der Waals surface area contributed by atoms with Crippen molar-refractivity contribution in [3.8, 4) is 5.75 Å². The van der Waals surface area contributed by atoms with Gasteiger partial charge in [0.2, 0.25) is 0 Å². The predicted octanol–water partition coefficient (Wildman–Crippen LogP) is 1.48. The molecule has 4 nitrogen and oxygen atoms in total. The van der Waals surface area contributed by atoms with Gasteiger partial charge in [-0.3, -0.25) is 4.89 Å². The molecule has 1 unspecified atom stereocenters. The van der Waals surface area contributed by atoms with Crippen molar-refractivity contribution < 1.29 is 19.3 Å². The third-order valence-corrected chi connectivity index (χ3v) is 2.35. The van der Waals surface area contributed by atoms with Gasteiger partial charge in [-0.25, -0.2) is 4.79 Å². The number of carbonyl (C=O) groups excluding carboxylic acids is 1. The Hall–Kier alpha value is -1.55. The monoisotopic (exact) mass is 208 g/mol. The molecule has 0 aliphatic carbocycles. The zero-order valence-electron chi connectivity index (χ0n) is 8.43. The zero-order valence-corrected chi connectivity index (χ0v) is 8.43. The van der Waals surface area contributed by atoms with Gasteiger partial charge in [0, 0.05) is 0 Å². The van der Waals surface area contributed by atoms with Crippen LogP contribution in [0, 0.1) is 0 Å². The summed E-state index contributed by atoms with van der Waals surface area (Å²) < 4.78 is 5.49. The van der Waals surface area contributed by atoms with E-state index in [9.17, 15) is 4.79 Å². The number of hydrogen-bond donors (Lipinski definition) is 0. The van der Waals surface area contributed by atoms with Gasteiger partial charge in [-0.15, -0.1) is 0 Å². The van der Waals surface area contributed by atoms with E-state index in [-0.39, 0.29) is 0 Å². The molecule has 1 aliphatic heterocycles. The van der Waals surface area contributed by atoms with Crippen LogP contribution >= 0.6 is 0 Å². The number of benzene rings is 1. The summed E-state index contributed by atoms with van der Waals surface area (Å²) in [5.41, 5.74) is 1.12. The lowest BCUT2D eigenvalue weighted by atomic mass is 10.0. The number of aryl methyl sites for hydroxylation is 1. The maximum Gasteiger partial charge on any atom is 0.382 e. The van der Waals surface area contributed by atoms with Crippen LogP contribution in [-0.4, -0.2) is 19.2 Å². The van der Waals surface area contributed by atoms with Crippen molar-refractivity contribution in [3.05, 3.63) is 29.8 Å². The van der Waals surface area contributed by atoms with E-state index >= 15 is 0 Å². The van der Waals surface area contributed by atoms with E-state index < -0.39 is 12.1 Å². The molecule has 0 saturated carbocycles. The number of hydrogen-bond acceptors (Lipinski definition) is 4. The second-order valence-electron chi connectivity index (χ2n) is 3.32. The third kappa shape index (κ3) is 2.10. The minimum absolute atomic E-state index is 0.480. The van der Waals surface area contributed by atoms with Gasteiger partial charge in [0.15, 0.2) is 6.10 Å². The summed E-state index contributed by atoms with van der Waals surface area (Å²) >= 11 is 0. The summed E-state index contributed by atoms with van der Waals surface area (Å²) in [6.45, 7) is 0. The predicted molar refractivity (Wildman–Crippen MR) is 52.3 cm³/mol. The first-order valence-electron chi connectivity index (χ1n) is 4.80. The van der Waals surface area contributed by atoms with Crippen LogP contribution in [0.25, 0.3) is 0 Å². The minimum Gasteiger partial charge on any atom is -0.478 e. The first-order valence-corrected chi connectivity index (χ1v) is 4.80. The third-order valence-electron chi connectivity index (χ3n) is 2.35. The zero-order chi connectivity index (χ0) is 10.7. The number of ether oxygens (including phenoxy) is 1. The van der Waals surface area contributed by atoms with E-state index in [1.54, 1.807) is 0 Å². The molecule has 1 aromatic carbocycles. The van der Waals surface area contributed by atoms with Crippen molar-refractivity contribution in [2.24, 2.45) is 0 Å². The Morgan fingerprint density at radius 1 is 1.47 bits per heavy atom. The topological polar surface area (TPSA) is 44.8 Å². The van der Waals surface area contributed by atoms with Crippen molar-refractivity contribution in [2.75, 3.05) is 7.11 Å². The largest absolute Gasteiger partial charge is 0.478 e. The summed E-state index contributed by atoms with van der Waals surface area (Å²) in [5, 5.41) is 0. The second-order valence-corrected chi connectivity index (χ2v) is 3.32. The number of fused-ring (bicyclic) bond motifs is 1. The van der Waals surface area contributed by atoms with Crippen molar-refractivity contribution in [1.29, 1.82) is 0 Å². The highest BCUT2D eigenvalue weighted by Crippen LogP contribution is 2.27. The number of carbonyl (C=O) groups is 1. The molecule has 1 aliphatic rings. The number of para-hydroxylation sites is 1. The normalized spacial score (nSPS) is 18.9. The van der Waals surface area contributed by atoms with Crippen LogP contribution in [0.4, 0.5) is 0 Å². The molecule has 2 rings (SSSR count). The van der Waals surface area contributed by atoms with Crippen molar-refractivity contribution in [3.63, 3.8) is 0 Å². The standard InChI is InChI=1S/C11H12O4/c1-13-15-11(12)10-7-6-8-4-2-3-5-9(8)14-10/h2-5,10H,6-7H2,1H3. The summed E-state index contributed by atoms with van der Waals surface area (Å²) in [4.78, 5) is 20.1. The molecule has 0 bridgehead atoms. The first kappa shape index (κ1) is 9.98. The summed E-state index contributed by atoms with van der Waals surface area (Å²) in [5.74, 6) is 0.272. The Morgan fingerprint density at radius 3 is 3.07 bits per heavy atom. The molecule has 0 N–H and O–H groups in total. The lowest BCUT2D eigenvalue weighted by Crippen LogP contribution is -2.32. The molecule has 0 aromatic heterocycles. The van der Waals surface area contributed by atoms with Crippen molar-refractivity contribution in [1.82, 2.24) is 0 Å². The van der Waals surface area contributed by atoms with Crippen LogP contribution in [0.5, 0.6) is 5.75 Å². The highest BCUT2D eigenvalue weighted by molar-refractivity contribution is 5.75. The molecule has 0 fully saturated rings. The fraction of sp³-hybridized carbons (Fsp3) is 0.364. The van der Waals surface area contributed by atoms with Crippen LogP contribution in [0.15, 0.2) is 24.3 Å². The van der Waals surface area contributed by atoms with Crippen molar-refractivity contribution in [2.45, 2.75) is 18.9 Å². The average Bonchev–Trinajstić information content (AvgIpc) is 2.29. The van der Waals surface area contributed by atoms with Crippen LogP contribution in [-0.2, 0) is 21.0 Å². The fourth-order valence-electron chi connectivity index (χ4n) is 1.63. The molecule has 0 radical (unpaired) electrons. The molecule has 0 amide bonds. The van der Waals surface area contributed by atoms with E-state index in [0.717, 1.165) is 17.7 Å². The van der Waals surface area contributed by atoms with Crippen LogP contribution in [0.2, 0.25) is 0 Å². The van der Waals surface area contributed by atoms with Gasteiger partial charge in [0.25, 0.3) is 0 Å². The van der Waals surface area contributed by atoms with Gasteiger partial charge in [0.05, 0.1) is 7.11 Å². The van der Waals surface area contributed by atoms with E-state index in [1.165, 1.54) is 7.11 Å². The molecule has 1 aromatic rings. The Morgan fingerprint density at radius 2 is 2.27 bits per heavy atom. The molecule has 4 heteroatoms. The Balaban J connectivity index is 2.08. The SMILES string of the molecule is COOC(=O)C1CCc2ccccc2O1. The lowest BCUT2D eigenvalue weighted by molar-refractivity contribution is -0.261. The fourth-order valence-corrected chi connectivity index (χ4v) is 1.63. The molecular weight excluding hydrogens is 196 g/mol. The van der Waals surface area contributed by atoms with E-state index in [2.05, 4.69) is 9.78 Å². The summed E-state index contributed by atoms with van der Waals surface area (Å²) in [6, 6.07) is 7.67. The molecule has 80 valence electrons. The second kappa shape index (κ2) is 4.31. The van der Waals surface area contributed by atoms with Gasteiger partial charge in [-0.1, -0.05) is 18.2 Å². The molecule has 15 heavy (non-hydrogen) atoms. The highest BCUT2D eigenvalue weighted by Gasteiger charge is 2.27. The van der Waals surface area contributed by atoms with Gasteiger partial charge >= 0.3 is 5.97 Å². The van der Waals surface area contributed by atoms with Crippen molar-refractivity contribution >= 4 is 5.97 Å². The Labute approximate surface area is 87.7 Å². The van der Waals surface area contributed by atoms with Gasteiger partial charge in [-0.05, 0) is 24.5 Å². The number of rotatable bonds is 2. The molecule has 0 saturated heterocycles. The van der Waals surface area contributed by atoms with Gasteiger partial charge < -0.3 is 4.74 Å². The Bertz CT molecular complexity index is 361. The summed E-state index contributed by atoms with van der Waals surface area (Å²) in [6.07, 6.45) is 0.888. The molecular formula is C11H12O4. The van der Waals surface area contributed by atoms with Crippen LogP contribution < -0.4 is 4.74 Å². The smallest absolute Gasteiger partial charge is 0.382 e. The van der Waals surface area contributed by atoms with Gasteiger partial charge in [-0.2, -0.15) is 4.89 Å². The highest BCUT2D eigenvalue weighted by atomic mass is 17.2. The minimum atomic E-state index is -0.556. The lowest BCUT2D eigenvalue weighted by Gasteiger charge is -2.23. The first-order chi connectivity index (χ1) is 7.31. The molecule has 0 spiro atoms. The average molecular weight is 208 g/mol. The van der Waals surface area contributed by atoms with E-state index in [0.29, 0.717) is 6.42 Å². The van der Waals surface area contributed by atoms with Crippen LogP contribution in [0.1, 0.15) is 12.0 Å². The quantitative estimate of drug-likeness (QED) is 0.545. The van der Waals surface area contributed by atoms with Gasteiger partial charge in [0.1, 0.15) is 5.75 Å². The molecule has 1 atom stereocenters. The maximum absolute atomic E-state index is 11.3. The molecule has 1 heterocycles. The Kier molecular flexibility index (Phi) is 2.87.